The average molecular weight is 534 g/mol. The first-order chi connectivity index (χ1) is 17.4. The SMILES string of the molecule is O=S(=O)([C@@H]1C[C@@H]2O[C@H]1C(c1ccc(O)cc1)=C2c1ccc(O)cc1)N(CC(F)(F)F)c1ccc(O)cc1. The van der Waals surface area contributed by atoms with Crippen molar-refractivity contribution in [2.75, 3.05) is 10.8 Å². The van der Waals surface area contributed by atoms with E-state index in [1.165, 1.54) is 24.3 Å². The third-order valence-electron chi connectivity index (χ3n) is 6.50. The number of sulfonamides is 1. The van der Waals surface area contributed by atoms with Crippen molar-refractivity contribution in [3.05, 3.63) is 83.9 Å². The van der Waals surface area contributed by atoms with Crippen LogP contribution in [0.15, 0.2) is 72.8 Å². The van der Waals surface area contributed by atoms with Crippen LogP contribution in [0, 0.1) is 0 Å². The molecule has 2 heterocycles. The van der Waals surface area contributed by atoms with Gasteiger partial charge < -0.3 is 20.1 Å². The number of rotatable bonds is 6. The topological polar surface area (TPSA) is 107 Å². The normalized spacial score (nSPS) is 21.4. The number of phenolic OH excluding ortho intramolecular Hbond substituents is 3. The molecule has 7 nitrogen and oxygen atoms in total. The Morgan fingerprint density at radius 2 is 1.24 bits per heavy atom. The van der Waals surface area contributed by atoms with E-state index >= 15 is 0 Å². The van der Waals surface area contributed by atoms with Gasteiger partial charge >= 0.3 is 6.18 Å². The number of halogens is 3. The second kappa shape index (κ2) is 9.00. The van der Waals surface area contributed by atoms with E-state index in [0.29, 0.717) is 26.6 Å². The molecule has 0 aliphatic carbocycles. The minimum Gasteiger partial charge on any atom is -0.508 e. The standard InChI is InChI=1S/C26H22F3NO6S/c27-26(28,29)14-30(17-5-11-20(33)12-6-17)37(34,35)22-13-21-23(15-1-7-18(31)8-2-15)24(25(22)36-21)16-3-9-19(32)10-4-16/h1-12,21-22,25,31-33H,13-14H2/t21-,22+,25+/m0/s1. The van der Waals surface area contributed by atoms with Crippen LogP contribution in [0.5, 0.6) is 17.2 Å². The number of hydrogen-bond acceptors (Lipinski definition) is 6. The Hall–Kier alpha value is -3.70. The first-order valence-corrected chi connectivity index (χ1v) is 12.8. The maximum Gasteiger partial charge on any atom is 0.407 e. The quantitative estimate of drug-likeness (QED) is 0.426. The lowest BCUT2D eigenvalue weighted by Gasteiger charge is -2.32. The molecule has 1 fully saturated rings. The van der Waals surface area contributed by atoms with Crippen LogP contribution in [0.25, 0.3) is 11.1 Å². The van der Waals surface area contributed by atoms with Gasteiger partial charge in [-0.25, -0.2) is 8.42 Å². The molecule has 2 aliphatic rings. The zero-order chi connectivity index (χ0) is 26.5. The van der Waals surface area contributed by atoms with Crippen molar-refractivity contribution < 1.29 is 41.6 Å². The van der Waals surface area contributed by atoms with E-state index in [0.717, 1.165) is 24.3 Å². The predicted molar refractivity (Wildman–Crippen MR) is 131 cm³/mol. The van der Waals surface area contributed by atoms with Crippen LogP contribution in [-0.4, -0.2) is 53.9 Å². The summed E-state index contributed by atoms with van der Waals surface area (Å²) in [6.45, 7) is -1.74. The van der Waals surface area contributed by atoms with E-state index in [1.54, 1.807) is 24.3 Å². The smallest absolute Gasteiger partial charge is 0.407 e. The van der Waals surface area contributed by atoms with E-state index in [-0.39, 0.29) is 29.4 Å². The summed E-state index contributed by atoms with van der Waals surface area (Å²) in [6, 6.07) is 16.8. The second-order valence-electron chi connectivity index (χ2n) is 8.92. The molecule has 3 N–H and O–H groups in total. The summed E-state index contributed by atoms with van der Waals surface area (Å²) in [4.78, 5) is 0. The van der Waals surface area contributed by atoms with Gasteiger partial charge in [0, 0.05) is 0 Å². The Labute approximate surface area is 210 Å². The number of benzene rings is 3. The Kier molecular flexibility index (Phi) is 6.07. The number of nitrogens with zero attached hydrogens (tertiary/aromatic N) is 1. The van der Waals surface area contributed by atoms with Crippen LogP contribution in [0.2, 0.25) is 0 Å². The number of ether oxygens (including phenoxy) is 1. The summed E-state index contributed by atoms with van der Waals surface area (Å²) < 4.78 is 74.6. The van der Waals surface area contributed by atoms with Crippen LogP contribution < -0.4 is 4.31 Å². The van der Waals surface area contributed by atoms with Gasteiger partial charge in [0.15, 0.2) is 0 Å². The van der Waals surface area contributed by atoms with Gasteiger partial charge in [0.25, 0.3) is 0 Å². The Bertz CT molecular complexity index is 1440. The number of phenols is 3. The molecule has 0 radical (unpaired) electrons. The molecule has 194 valence electrons. The van der Waals surface area contributed by atoms with Gasteiger partial charge in [-0.2, -0.15) is 13.2 Å². The fourth-order valence-corrected chi connectivity index (χ4v) is 6.91. The molecule has 0 aromatic heterocycles. The number of fused-ring (bicyclic) bond motifs is 2. The first kappa shape index (κ1) is 25.0. The molecule has 37 heavy (non-hydrogen) atoms. The molecule has 2 bridgehead atoms. The van der Waals surface area contributed by atoms with E-state index in [1.807, 2.05) is 0 Å². The number of hydrogen-bond donors (Lipinski definition) is 3. The van der Waals surface area contributed by atoms with E-state index in [2.05, 4.69) is 0 Å². The summed E-state index contributed by atoms with van der Waals surface area (Å²) >= 11 is 0. The summed E-state index contributed by atoms with van der Waals surface area (Å²) in [5, 5.41) is 27.7. The average Bonchev–Trinajstić information content (AvgIpc) is 3.43. The van der Waals surface area contributed by atoms with Crippen molar-refractivity contribution in [3.63, 3.8) is 0 Å². The number of aromatic hydroxyl groups is 3. The minimum atomic E-state index is -4.82. The first-order valence-electron chi connectivity index (χ1n) is 11.3. The highest BCUT2D eigenvalue weighted by Gasteiger charge is 2.55. The van der Waals surface area contributed by atoms with Crippen LogP contribution in [0.3, 0.4) is 0 Å². The lowest BCUT2D eigenvalue weighted by molar-refractivity contribution is -0.117. The molecule has 11 heteroatoms. The van der Waals surface area contributed by atoms with Crippen molar-refractivity contribution >= 4 is 26.9 Å². The van der Waals surface area contributed by atoms with Gasteiger partial charge in [-0.1, -0.05) is 24.3 Å². The predicted octanol–water partition coefficient (Wildman–Crippen LogP) is 4.65. The van der Waals surface area contributed by atoms with E-state index in [4.69, 9.17) is 4.74 Å². The summed E-state index contributed by atoms with van der Waals surface area (Å²) in [5.74, 6) is -0.184. The van der Waals surface area contributed by atoms with Gasteiger partial charge in [-0.15, -0.1) is 0 Å². The van der Waals surface area contributed by atoms with Crippen molar-refractivity contribution in [2.24, 2.45) is 0 Å². The third-order valence-corrected chi connectivity index (χ3v) is 8.66. The van der Waals surface area contributed by atoms with Crippen molar-refractivity contribution in [1.82, 2.24) is 0 Å². The highest BCUT2D eigenvalue weighted by molar-refractivity contribution is 7.93. The van der Waals surface area contributed by atoms with Crippen LogP contribution in [0.1, 0.15) is 17.5 Å². The Morgan fingerprint density at radius 3 is 1.73 bits per heavy atom. The van der Waals surface area contributed by atoms with E-state index in [9.17, 15) is 36.9 Å². The molecule has 2 aliphatic heterocycles. The molecular weight excluding hydrogens is 511 g/mol. The third kappa shape index (κ3) is 4.72. The van der Waals surface area contributed by atoms with Crippen molar-refractivity contribution in [1.29, 1.82) is 0 Å². The highest BCUT2D eigenvalue weighted by Crippen LogP contribution is 2.51. The molecule has 0 unspecified atom stereocenters. The molecular formula is C26H22F3NO6S. The maximum absolute atomic E-state index is 13.8. The fourth-order valence-electron chi connectivity index (χ4n) is 4.92. The summed E-state index contributed by atoms with van der Waals surface area (Å²) in [6.07, 6.45) is -6.69. The van der Waals surface area contributed by atoms with Gasteiger partial charge in [0.1, 0.15) is 35.1 Å². The monoisotopic (exact) mass is 533 g/mol. The molecule has 0 saturated carbocycles. The lowest BCUT2D eigenvalue weighted by Crippen LogP contribution is -2.47. The summed E-state index contributed by atoms with van der Waals surface area (Å²) in [7, 11) is -4.61. The minimum absolute atomic E-state index is 0.00698. The second-order valence-corrected chi connectivity index (χ2v) is 11.0. The van der Waals surface area contributed by atoms with Crippen molar-refractivity contribution in [2.45, 2.75) is 30.1 Å². The molecule has 1 saturated heterocycles. The largest absolute Gasteiger partial charge is 0.508 e. The van der Waals surface area contributed by atoms with Gasteiger partial charge in [-0.3, -0.25) is 4.31 Å². The zero-order valence-electron chi connectivity index (χ0n) is 19.1. The van der Waals surface area contributed by atoms with Gasteiger partial charge in [-0.05, 0) is 77.2 Å². The van der Waals surface area contributed by atoms with Crippen molar-refractivity contribution in [3.8, 4) is 17.2 Å². The Morgan fingerprint density at radius 1 is 0.784 bits per heavy atom. The van der Waals surface area contributed by atoms with Crippen LogP contribution >= 0.6 is 0 Å². The Balaban J connectivity index is 1.61. The molecule has 5 rings (SSSR count). The van der Waals surface area contributed by atoms with Gasteiger partial charge in [0.2, 0.25) is 10.0 Å². The number of anilines is 1. The highest BCUT2D eigenvalue weighted by atomic mass is 32.2. The molecule has 0 spiro atoms. The summed E-state index contributed by atoms with van der Waals surface area (Å²) in [5.41, 5.74) is 2.17. The zero-order valence-corrected chi connectivity index (χ0v) is 19.9. The number of alkyl halides is 3. The van der Waals surface area contributed by atoms with Gasteiger partial charge in [0.05, 0.1) is 11.8 Å². The maximum atomic E-state index is 13.8. The molecule has 3 aromatic rings. The van der Waals surface area contributed by atoms with Crippen LogP contribution in [0.4, 0.5) is 18.9 Å². The molecule has 3 aromatic carbocycles. The molecule has 3 atom stereocenters. The lowest BCUT2D eigenvalue weighted by atomic mass is 9.83. The molecule has 0 amide bonds. The van der Waals surface area contributed by atoms with E-state index < -0.39 is 40.2 Å². The fraction of sp³-hybridized carbons (Fsp3) is 0.231. The van der Waals surface area contributed by atoms with Crippen LogP contribution in [-0.2, 0) is 14.8 Å².